The summed E-state index contributed by atoms with van der Waals surface area (Å²) in [7, 11) is -12.9. The van der Waals surface area contributed by atoms with E-state index in [1.807, 2.05) is 0 Å². The van der Waals surface area contributed by atoms with Gasteiger partial charge in [0.2, 0.25) is 29.5 Å². The average molecular weight is 1150 g/mol. The molecule has 0 radical (unpaired) electrons. The van der Waals surface area contributed by atoms with Crippen molar-refractivity contribution in [1.82, 2.24) is 21.3 Å². The predicted octanol–water partition coefficient (Wildman–Crippen LogP) is 2.28. The van der Waals surface area contributed by atoms with E-state index in [4.69, 9.17) is 4.55 Å². The van der Waals surface area contributed by atoms with Crippen molar-refractivity contribution in [3.63, 3.8) is 0 Å². The second kappa shape index (κ2) is 47.3. The molecule has 426 valence electrons. The molecule has 0 saturated heterocycles. The summed E-state index contributed by atoms with van der Waals surface area (Å²) in [4.78, 5) is 56.9. The normalized spacial score (nSPS) is 11.7. The van der Waals surface area contributed by atoms with Crippen LogP contribution in [0.5, 0.6) is 0 Å². The molecule has 19 nitrogen and oxygen atoms in total. The number of rotatable bonds is 40. The molecular formula is C52H89N5Na2O14S3. The number of hydrogen-bond donors (Lipinski definition) is 6. The summed E-state index contributed by atoms with van der Waals surface area (Å²) in [5, 5.41) is 13.4. The summed E-state index contributed by atoms with van der Waals surface area (Å²) in [5.74, 6) is -1.97. The Hall–Kier alpha value is -2.48. The van der Waals surface area contributed by atoms with Gasteiger partial charge >= 0.3 is 59.1 Å². The third kappa shape index (κ3) is 52.2. The molecule has 0 aliphatic rings. The van der Waals surface area contributed by atoms with Crippen molar-refractivity contribution in [2.45, 2.75) is 199 Å². The minimum atomic E-state index is -4.47. The van der Waals surface area contributed by atoms with Crippen molar-refractivity contribution in [1.29, 1.82) is 0 Å². The maximum Gasteiger partial charge on any atom is 1.00 e. The van der Waals surface area contributed by atoms with E-state index in [9.17, 15) is 58.3 Å². The van der Waals surface area contributed by atoms with E-state index in [1.165, 1.54) is 43.5 Å². The van der Waals surface area contributed by atoms with E-state index < -0.39 is 53.3 Å². The third-order valence-corrected chi connectivity index (χ3v) is 13.9. The number of carbonyl (C=O) groups is 5. The van der Waals surface area contributed by atoms with E-state index in [0.29, 0.717) is 49.2 Å². The van der Waals surface area contributed by atoms with Crippen molar-refractivity contribution >= 4 is 65.6 Å². The molecule has 0 bridgehead atoms. The standard InChI is InChI=1S/C21H32N2O5S.C17H32N2O5S.C14H27NO4S.2Na/c1-17(2)21(25)22-16-10-8-6-4-3-5-7-9-11-20(24)23-18-12-14-19(15-13-18)29(26,27)28;1-15(2)17(21)19-12-10-8-6-4-3-5-7-9-11-16(20)18-13-14-25(22,23)24;1-4-6-7-8-9-10-11-14(3,12-20(17,18)19)15-13(16)5-2;;/h12-15H,1,3-11,16H2,2H3,(H,22,25)(H,23,24)(H,26,27,28);1,3-14H2,2H3,(H,18,20)(H,19,21)(H,22,23,24);5H,2,4,6-12H2,1,3H3,(H,15,16)(H,17,18,19);;/q;;;2*+1/p-2. The molecule has 1 unspecified atom stereocenters. The summed E-state index contributed by atoms with van der Waals surface area (Å²) in [6.45, 7) is 19.0. The smallest absolute Gasteiger partial charge is 0.748 e. The molecule has 0 spiro atoms. The second-order valence-corrected chi connectivity index (χ2v) is 23.2. The molecule has 0 fully saturated rings. The van der Waals surface area contributed by atoms with Crippen molar-refractivity contribution in [2.75, 3.05) is 36.5 Å². The SMILES string of the molecule is C=C(C)C(=O)NCCCCCCCCCCC(=O)NCCS(=O)(=O)[O-].C=C(C)C(=O)NCCCCCCCCCCC(=O)Nc1ccc(S(=O)(=O)[O-])cc1.C=CC(=O)NC(C)(CCCCCCCC)CS(=O)(=O)O.[Na+].[Na+]. The molecule has 0 aliphatic heterocycles. The molecule has 24 heteroatoms. The predicted molar refractivity (Wildman–Crippen MR) is 291 cm³/mol. The molecule has 1 aromatic carbocycles. The van der Waals surface area contributed by atoms with Gasteiger partial charge < -0.3 is 35.7 Å². The number of hydrogen-bond acceptors (Lipinski definition) is 13. The van der Waals surface area contributed by atoms with Crippen LogP contribution >= 0.6 is 0 Å². The molecule has 5 amide bonds. The summed E-state index contributed by atoms with van der Waals surface area (Å²) < 4.78 is 94.9. The van der Waals surface area contributed by atoms with E-state index in [-0.39, 0.29) is 94.2 Å². The molecule has 1 atom stereocenters. The van der Waals surface area contributed by atoms with Gasteiger partial charge in [-0.25, -0.2) is 16.8 Å². The Labute approximate surface area is 500 Å². The van der Waals surface area contributed by atoms with Crippen LogP contribution in [0.1, 0.15) is 188 Å². The van der Waals surface area contributed by atoms with Gasteiger partial charge in [0.25, 0.3) is 10.1 Å². The Morgan fingerprint density at radius 3 is 1.37 bits per heavy atom. The molecule has 6 N–H and O–H groups in total. The summed E-state index contributed by atoms with van der Waals surface area (Å²) in [5.41, 5.74) is 0.584. The van der Waals surface area contributed by atoms with Crippen LogP contribution in [0.3, 0.4) is 0 Å². The second-order valence-electron chi connectivity index (χ2n) is 18.9. The zero-order chi connectivity index (χ0) is 56.5. The van der Waals surface area contributed by atoms with Gasteiger partial charge in [-0.3, -0.25) is 28.5 Å². The van der Waals surface area contributed by atoms with Crippen LogP contribution in [0.2, 0.25) is 0 Å². The molecule has 0 aromatic heterocycles. The van der Waals surface area contributed by atoms with Crippen LogP contribution in [0.25, 0.3) is 0 Å². The fraction of sp³-hybridized carbons (Fsp3) is 0.673. The van der Waals surface area contributed by atoms with Gasteiger partial charge in [0, 0.05) is 49.3 Å². The minimum absolute atomic E-state index is 0. The first kappa shape index (κ1) is 80.0. The van der Waals surface area contributed by atoms with E-state index in [0.717, 1.165) is 128 Å². The number of unbranched alkanes of at least 4 members (excludes halogenated alkanes) is 19. The van der Waals surface area contributed by atoms with Crippen LogP contribution < -0.4 is 85.7 Å². The van der Waals surface area contributed by atoms with Gasteiger partial charge in [-0.15, -0.1) is 0 Å². The van der Waals surface area contributed by atoms with Crippen LogP contribution in [0.15, 0.2) is 66.1 Å². The minimum Gasteiger partial charge on any atom is -0.748 e. The van der Waals surface area contributed by atoms with Gasteiger partial charge in [0.1, 0.15) is 10.1 Å². The fourth-order valence-corrected chi connectivity index (χ4v) is 9.04. The number of nitrogens with one attached hydrogen (secondary N) is 5. The van der Waals surface area contributed by atoms with Gasteiger partial charge in [0.05, 0.1) is 32.1 Å². The summed E-state index contributed by atoms with van der Waals surface area (Å²) in [6, 6.07) is 5.19. The summed E-state index contributed by atoms with van der Waals surface area (Å²) >= 11 is 0. The van der Waals surface area contributed by atoms with Crippen molar-refractivity contribution in [3.05, 3.63) is 61.2 Å². The maximum atomic E-state index is 11.9. The zero-order valence-corrected chi connectivity index (χ0v) is 53.1. The first-order valence-corrected chi connectivity index (χ1v) is 30.6. The summed E-state index contributed by atoms with van der Waals surface area (Å²) in [6.07, 6.45) is 25.4. The quantitative estimate of drug-likeness (QED) is 0.0238. The Bertz CT molecular complexity index is 2180. The Balaban J connectivity index is -0.000000514. The molecule has 1 rings (SSSR count). The van der Waals surface area contributed by atoms with Gasteiger partial charge in [-0.05, 0) is 83.2 Å². The van der Waals surface area contributed by atoms with E-state index in [1.54, 1.807) is 20.8 Å². The molecule has 1 aromatic rings. The Morgan fingerprint density at radius 1 is 0.592 bits per heavy atom. The molecular weight excluding hydrogens is 1060 g/mol. The average Bonchev–Trinajstić information content (AvgIpc) is 3.30. The largest absolute Gasteiger partial charge is 1.00 e. The Morgan fingerprint density at radius 2 is 0.987 bits per heavy atom. The van der Waals surface area contributed by atoms with Crippen LogP contribution in [0.4, 0.5) is 5.69 Å². The van der Waals surface area contributed by atoms with Crippen LogP contribution in [-0.4, -0.2) is 105 Å². The van der Waals surface area contributed by atoms with Gasteiger partial charge in [-0.2, -0.15) is 8.42 Å². The zero-order valence-electron chi connectivity index (χ0n) is 46.7. The maximum absolute atomic E-state index is 11.9. The number of anilines is 1. The Kier molecular flexibility index (Phi) is 49.8. The number of carbonyl (C=O) groups excluding carboxylic acids is 5. The number of amides is 5. The van der Waals surface area contributed by atoms with Crippen molar-refractivity contribution < 1.29 is 122 Å². The topological polar surface area (TPSA) is 314 Å². The molecule has 0 heterocycles. The van der Waals surface area contributed by atoms with Crippen molar-refractivity contribution in [2.24, 2.45) is 0 Å². The van der Waals surface area contributed by atoms with Gasteiger partial charge in [0.15, 0.2) is 0 Å². The first-order chi connectivity index (χ1) is 34.6. The van der Waals surface area contributed by atoms with Crippen LogP contribution in [-0.2, 0) is 54.3 Å². The van der Waals surface area contributed by atoms with Crippen LogP contribution in [0, 0.1) is 0 Å². The van der Waals surface area contributed by atoms with Gasteiger partial charge in [-0.1, -0.05) is 142 Å². The first-order valence-electron chi connectivity index (χ1n) is 26.0. The monoisotopic (exact) mass is 1150 g/mol. The number of benzene rings is 1. The molecule has 0 saturated carbocycles. The third-order valence-electron chi connectivity index (χ3n) is 11.3. The van der Waals surface area contributed by atoms with E-state index in [2.05, 4.69) is 53.2 Å². The van der Waals surface area contributed by atoms with E-state index >= 15 is 0 Å². The van der Waals surface area contributed by atoms with Crippen molar-refractivity contribution in [3.8, 4) is 0 Å². The molecule has 76 heavy (non-hydrogen) atoms. The fourth-order valence-electron chi connectivity index (χ4n) is 7.20. The molecule has 0 aliphatic carbocycles.